The first-order valence-electron chi connectivity index (χ1n) is 7.57. The van der Waals surface area contributed by atoms with E-state index in [4.69, 9.17) is 4.74 Å². The van der Waals surface area contributed by atoms with Crippen molar-refractivity contribution in [2.24, 2.45) is 0 Å². The Bertz CT molecular complexity index is 634. The zero-order valence-electron chi connectivity index (χ0n) is 13.6. The van der Waals surface area contributed by atoms with Gasteiger partial charge in [-0.05, 0) is 60.1 Å². The van der Waals surface area contributed by atoms with Gasteiger partial charge < -0.3 is 4.74 Å². The highest BCUT2D eigenvalue weighted by atomic mass is 79.9. The van der Waals surface area contributed by atoms with Crippen LogP contribution in [0.1, 0.15) is 31.2 Å². The van der Waals surface area contributed by atoms with Crippen molar-refractivity contribution in [1.29, 1.82) is 0 Å². The average Bonchev–Trinajstić information content (AvgIpc) is 2.88. The summed E-state index contributed by atoms with van der Waals surface area (Å²) in [6, 6.07) is 11.6. The van der Waals surface area contributed by atoms with Gasteiger partial charge in [-0.15, -0.1) is 11.3 Å². The summed E-state index contributed by atoms with van der Waals surface area (Å²) >= 11 is 5.18. The van der Waals surface area contributed by atoms with Crippen LogP contribution in [0.15, 0.2) is 46.3 Å². The molecule has 0 bridgehead atoms. The van der Waals surface area contributed by atoms with Crippen LogP contribution in [0.3, 0.4) is 0 Å². The Balaban J connectivity index is 2.07. The molecule has 1 N–H and O–H groups in total. The highest BCUT2D eigenvalue weighted by Gasteiger charge is 2.25. The highest BCUT2D eigenvalue weighted by molar-refractivity contribution is 9.10. The molecular weight excluding hydrogens is 374 g/mol. The second-order valence-corrected chi connectivity index (χ2v) is 8.20. The van der Waals surface area contributed by atoms with Crippen molar-refractivity contribution >= 4 is 33.2 Å². The second kappa shape index (κ2) is 8.08. The second-order valence-electron chi connectivity index (χ2n) is 6.35. The van der Waals surface area contributed by atoms with E-state index in [0.717, 1.165) is 10.0 Å². The normalized spacial score (nSPS) is 12.9. The SMILES string of the molecule is CC(C)(C)OC(=O)C(Cc1ccccc1)NCc1sccc1Br. The van der Waals surface area contributed by atoms with Crippen LogP contribution >= 0.6 is 27.3 Å². The van der Waals surface area contributed by atoms with Gasteiger partial charge in [-0.3, -0.25) is 10.1 Å². The Morgan fingerprint density at radius 2 is 1.96 bits per heavy atom. The molecule has 0 saturated heterocycles. The Kier molecular flexibility index (Phi) is 6.39. The standard InChI is InChI=1S/C18H22BrNO2S/c1-18(2,3)22-17(21)15(11-13-7-5-4-6-8-13)20-12-16-14(19)9-10-23-16/h4-10,15,20H,11-12H2,1-3H3. The van der Waals surface area contributed by atoms with Crippen molar-refractivity contribution in [3.63, 3.8) is 0 Å². The molecule has 2 aromatic rings. The quantitative estimate of drug-likeness (QED) is 0.728. The first-order valence-corrected chi connectivity index (χ1v) is 9.24. The van der Waals surface area contributed by atoms with Gasteiger partial charge in [-0.1, -0.05) is 30.3 Å². The summed E-state index contributed by atoms with van der Waals surface area (Å²) in [7, 11) is 0. The van der Waals surface area contributed by atoms with E-state index in [1.54, 1.807) is 11.3 Å². The number of nitrogens with one attached hydrogen (secondary N) is 1. The van der Waals surface area contributed by atoms with Crippen molar-refractivity contribution in [2.75, 3.05) is 0 Å². The fourth-order valence-electron chi connectivity index (χ4n) is 2.13. The molecule has 0 aliphatic carbocycles. The summed E-state index contributed by atoms with van der Waals surface area (Å²) in [4.78, 5) is 13.7. The number of esters is 1. The van der Waals surface area contributed by atoms with Crippen LogP contribution in [0.25, 0.3) is 0 Å². The van der Waals surface area contributed by atoms with Crippen LogP contribution in [0.2, 0.25) is 0 Å². The summed E-state index contributed by atoms with van der Waals surface area (Å²) in [5.41, 5.74) is 0.623. The summed E-state index contributed by atoms with van der Waals surface area (Å²) in [5.74, 6) is -0.214. The summed E-state index contributed by atoms with van der Waals surface area (Å²) in [6.07, 6.45) is 0.610. The first kappa shape index (κ1) is 18.2. The number of carbonyl (C=O) groups is 1. The number of thiophene rings is 1. The van der Waals surface area contributed by atoms with Gasteiger partial charge in [0, 0.05) is 15.9 Å². The monoisotopic (exact) mass is 395 g/mol. The van der Waals surface area contributed by atoms with Gasteiger partial charge in [0.05, 0.1) is 0 Å². The fraction of sp³-hybridized carbons (Fsp3) is 0.389. The number of hydrogen-bond donors (Lipinski definition) is 1. The number of rotatable bonds is 6. The molecule has 5 heteroatoms. The van der Waals surface area contributed by atoms with E-state index in [-0.39, 0.29) is 12.0 Å². The van der Waals surface area contributed by atoms with E-state index >= 15 is 0 Å². The maximum absolute atomic E-state index is 12.5. The molecule has 1 aromatic heterocycles. The Hall–Kier alpha value is -1.17. The van der Waals surface area contributed by atoms with E-state index in [9.17, 15) is 4.79 Å². The van der Waals surface area contributed by atoms with Crippen molar-refractivity contribution in [3.05, 3.63) is 56.7 Å². The van der Waals surface area contributed by atoms with Crippen LogP contribution < -0.4 is 5.32 Å². The maximum Gasteiger partial charge on any atom is 0.324 e. The molecule has 1 unspecified atom stereocenters. The van der Waals surface area contributed by atoms with Crippen LogP contribution in [-0.4, -0.2) is 17.6 Å². The van der Waals surface area contributed by atoms with Crippen molar-refractivity contribution in [1.82, 2.24) is 5.32 Å². The molecule has 3 nitrogen and oxygen atoms in total. The topological polar surface area (TPSA) is 38.3 Å². The lowest BCUT2D eigenvalue weighted by molar-refractivity contribution is -0.157. The van der Waals surface area contributed by atoms with Crippen molar-refractivity contribution in [2.45, 2.75) is 45.4 Å². The zero-order chi connectivity index (χ0) is 16.9. The van der Waals surface area contributed by atoms with Gasteiger partial charge in [-0.25, -0.2) is 0 Å². The van der Waals surface area contributed by atoms with E-state index in [1.807, 2.05) is 62.5 Å². The van der Waals surface area contributed by atoms with Gasteiger partial charge in [0.25, 0.3) is 0 Å². The van der Waals surface area contributed by atoms with Crippen molar-refractivity contribution in [3.8, 4) is 0 Å². The molecule has 23 heavy (non-hydrogen) atoms. The lowest BCUT2D eigenvalue weighted by Crippen LogP contribution is -2.42. The molecule has 0 fully saturated rings. The minimum absolute atomic E-state index is 0.214. The van der Waals surface area contributed by atoms with Gasteiger partial charge in [0.15, 0.2) is 0 Å². The highest BCUT2D eigenvalue weighted by Crippen LogP contribution is 2.22. The number of ether oxygens (including phenoxy) is 1. The molecular formula is C18H22BrNO2S. The Morgan fingerprint density at radius 1 is 1.26 bits per heavy atom. The van der Waals surface area contributed by atoms with Gasteiger partial charge >= 0.3 is 5.97 Å². The minimum Gasteiger partial charge on any atom is -0.459 e. The molecule has 0 spiro atoms. The third-order valence-corrected chi connectivity index (χ3v) is 5.10. The molecule has 2 rings (SSSR count). The Labute approximate surface area is 150 Å². The molecule has 0 radical (unpaired) electrons. The largest absolute Gasteiger partial charge is 0.459 e. The predicted molar refractivity (Wildman–Crippen MR) is 98.6 cm³/mol. The van der Waals surface area contributed by atoms with Crippen LogP contribution in [0.5, 0.6) is 0 Å². The maximum atomic E-state index is 12.5. The van der Waals surface area contributed by atoms with Crippen LogP contribution in [0, 0.1) is 0 Å². The van der Waals surface area contributed by atoms with Gasteiger partial charge in [-0.2, -0.15) is 0 Å². The molecule has 0 amide bonds. The molecule has 0 aliphatic rings. The third-order valence-electron chi connectivity index (χ3n) is 3.17. The number of hydrogen-bond acceptors (Lipinski definition) is 4. The first-order chi connectivity index (χ1) is 10.8. The molecule has 124 valence electrons. The van der Waals surface area contributed by atoms with Gasteiger partial charge in [0.1, 0.15) is 11.6 Å². The van der Waals surface area contributed by atoms with Crippen LogP contribution in [-0.2, 0) is 22.5 Å². The summed E-state index contributed by atoms with van der Waals surface area (Å²) in [6.45, 7) is 6.30. The summed E-state index contributed by atoms with van der Waals surface area (Å²) < 4.78 is 6.63. The average molecular weight is 396 g/mol. The predicted octanol–water partition coefficient (Wildman–Crippen LogP) is 4.55. The van der Waals surface area contributed by atoms with E-state index in [0.29, 0.717) is 13.0 Å². The molecule has 0 aliphatic heterocycles. The van der Waals surface area contributed by atoms with E-state index in [1.165, 1.54) is 4.88 Å². The van der Waals surface area contributed by atoms with E-state index < -0.39 is 5.60 Å². The van der Waals surface area contributed by atoms with Gasteiger partial charge in [0.2, 0.25) is 0 Å². The number of carbonyl (C=O) groups excluding carboxylic acids is 1. The zero-order valence-corrected chi connectivity index (χ0v) is 16.0. The third kappa shape index (κ3) is 6.09. The molecule has 0 saturated carbocycles. The van der Waals surface area contributed by atoms with Crippen LogP contribution in [0.4, 0.5) is 0 Å². The van der Waals surface area contributed by atoms with E-state index in [2.05, 4.69) is 21.2 Å². The molecule has 1 atom stereocenters. The Morgan fingerprint density at radius 3 is 2.52 bits per heavy atom. The van der Waals surface area contributed by atoms with Crippen molar-refractivity contribution < 1.29 is 9.53 Å². The fourth-order valence-corrected chi connectivity index (χ4v) is 3.57. The molecule has 1 aromatic carbocycles. The minimum atomic E-state index is -0.489. The smallest absolute Gasteiger partial charge is 0.324 e. The number of halogens is 1. The number of benzene rings is 1. The lowest BCUT2D eigenvalue weighted by atomic mass is 10.1. The summed E-state index contributed by atoms with van der Waals surface area (Å²) in [5, 5.41) is 5.37. The lowest BCUT2D eigenvalue weighted by Gasteiger charge is -2.24. The molecule has 1 heterocycles.